The number of nitrogens with zero attached hydrogens (tertiary/aromatic N) is 2. The lowest BCUT2D eigenvalue weighted by Crippen LogP contribution is -2.48. The van der Waals surface area contributed by atoms with Crippen molar-refractivity contribution in [3.8, 4) is 0 Å². The van der Waals surface area contributed by atoms with Gasteiger partial charge in [-0.3, -0.25) is 9.80 Å². The van der Waals surface area contributed by atoms with Gasteiger partial charge in [0.2, 0.25) is 0 Å². The van der Waals surface area contributed by atoms with Crippen LogP contribution in [-0.2, 0) is 9.47 Å². The molecule has 22 heavy (non-hydrogen) atoms. The first kappa shape index (κ1) is 19.8. The van der Waals surface area contributed by atoms with Crippen molar-refractivity contribution in [3.05, 3.63) is 0 Å². The Bertz CT molecular complexity index is 212. The molecule has 0 saturated carbocycles. The summed E-state index contributed by atoms with van der Waals surface area (Å²) in [5.41, 5.74) is 0. The molecule has 1 heterocycles. The summed E-state index contributed by atoms with van der Waals surface area (Å²) in [5, 5.41) is 6.53. The maximum atomic E-state index is 5.63. The summed E-state index contributed by atoms with van der Waals surface area (Å²) in [6.07, 6.45) is 0. The first-order valence-corrected chi connectivity index (χ1v) is 8.88. The quantitative estimate of drug-likeness (QED) is 0.435. The molecule has 1 aliphatic rings. The lowest BCUT2D eigenvalue weighted by Gasteiger charge is -2.34. The minimum Gasteiger partial charge on any atom is -0.379 e. The van der Waals surface area contributed by atoms with Gasteiger partial charge in [0, 0.05) is 52.4 Å². The minimum atomic E-state index is 0.817. The summed E-state index contributed by atoms with van der Waals surface area (Å²) in [7, 11) is 0. The van der Waals surface area contributed by atoms with Crippen molar-refractivity contribution >= 4 is 0 Å². The molecule has 0 unspecified atom stereocenters. The van der Waals surface area contributed by atoms with Crippen molar-refractivity contribution in [1.29, 1.82) is 0 Å². The Morgan fingerprint density at radius 2 is 1.09 bits per heavy atom. The highest BCUT2D eigenvalue weighted by Gasteiger charge is 2.15. The van der Waals surface area contributed by atoms with E-state index in [0.717, 1.165) is 91.9 Å². The van der Waals surface area contributed by atoms with Crippen LogP contribution in [0.1, 0.15) is 13.8 Å². The zero-order valence-corrected chi connectivity index (χ0v) is 14.6. The lowest BCUT2D eigenvalue weighted by molar-refractivity contribution is 0.0580. The Morgan fingerprint density at radius 1 is 0.682 bits per heavy atom. The van der Waals surface area contributed by atoms with E-state index in [1.165, 1.54) is 0 Å². The molecule has 0 aromatic heterocycles. The fourth-order valence-electron chi connectivity index (χ4n) is 2.47. The van der Waals surface area contributed by atoms with Crippen molar-refractivity contribution in [2.75, 3.05) is 91.9 Å². The van der Waals surface area contributed by atoms with E-state index in [1.807, 2.05) is 0 Å². The van der Waals surface area contributed by atoms with E-state index in [4.69, 9.17) is 9.47 Å². The molecule has 0 atom stereocenters. The third-order valence-corrected chi connectivity index (χ3v) is 3.91. The van der Waals surface area contributed by atoms with Crippen molar-refractivity contribution < 1.29 is 9.47 Å². The largest absolute Gasteiger partial charge is 0.379 e. The maximum absolute atomic E-state index is 5.63. The van der Waals surface area contributed by atoms with Crippen molar-refractivity contribution in [2.24, 2.45) is 0 Å². The van der Waals surface area contributed by atoms with Gasteiger partial charge in [0.05, 0.1) is 26.4 Å². The molecule has 6 nitrogen and oxygen atoms in total. The molecule has 1 rings (SSSR count). The number of rotatable bonds is 14. The van der Waals surface area contributed by atoms with Gasteiger partial charge in [-0.15, -0.1) is 0 Å². The van der Waals surface area contributed by atoms with Crippen LogP contribution in [0.2, 0.25) is 0 Å². The number of nitrogens with one attached hydrogen (secondary N) is 2. The smallest absolute Gasteiger partial charge is 0.0594 e. The van der Waals surface area contributed by atoms with E-state index in [9.17, 15) is 0 Å². The van der Waals surface area contributed by atoms with Crippen LogP contribution in [0.15, 0.2) is 0 Å². The van der Waals surface area contributed by atoms with Gasteiger partial charge in [0.1, 0.15) is 0 Å². The van der Waals surface area contributed by atoms with Crippen LogP contribution in [0.25, 0.3) is 0 Å². The van der Waals surface area contributed by atoms with Gasteiger partial charge in [-0.2, -0.15) is 0 Å². The topological polar surface area (TPSA) is 49.0 Å². The maximum Gasteiger partial charge on any atom is 0.0594 e. The van der Waals surface area contributed by atoms with E-state index >= 15 is 0 Å². The van der Waals surface area contributed by atoms with Crippen molar-refractivity contribution in [1.82, 2.24) is 20.4 Å². The third kappa shape index (κ3) is 10.5. The van der Waals surface area contributed by atoms with Crippen molar-refractivity contribution in [2.45, 2.75) is 13.8 Å². The Kier molecular flexibility index (Phi) is 12.9. The summed E-state index contributed by atoms with van der Waals surface area (Å²) in [4.78, 5) is 4.99. The van der Waals surface area contributed by atoms with E-state index in [1.54, 1.807) is 0 Å². The van der Waals surface area contributed by atoms with Gasteiger partial charge in [-0.1, -0.05) is 13.8 Å². The van der Waals surface area contributed by atoms with E-state index in [-0.39, 0.29) is 0 Å². The standard InChI is InChI=1S/C16H36N4O2/c1-3-17-5-13-21-15-11-19-7-9-20(10-8-19)12-16-22-14-6-18-4-2/h17-18H,3-16H2,1-2H3. The van der Waals surface area contributed by atoms with Crippen LogP contribution in [0, 0.1) is 0 Å². The molecule has 0 bridgehead atoms. The number of hydrogen-bond acceptors (Lipinski definition) is 6. The first-order chi connectivity index (χ1) is 10.9. The molecular formula is C16H36N4O2. The summed E-state index contributed by atoms with van der Waals surface area (Å²) in [5.74, 6) is 0. The van der Waals surface area contributed by atoms with E-state index < -0.39 is 0 Å². The molecule has 0 radical (unpaired) electrons. The summed E-state index contributed by atoms with van der Waals surface area (Å²) in [6, 6.07) is 0. The number of piperazine rings is 1. The third-order valence-electron chi connectivity index (χ3n) is 3.91. The number of ether oxygens (including phenoxy) is 2. The van der Waals surface area contributed by atoms with Crippen LogP contribution in [-0.4, -0.2) is 102 Å². The van der Waals surface area contributed by atoms with Gasteiger partial charge >= 0.3 is 0 Å². The molecule has 0 aromatic rings. The molecule has 0 spiro atoms. The molecule has 1 fully saturated rings. The zero-order valence-electron chi connectivity index (χ0n) is 14.6. The van der Waals surface area contributed by atoms with Crippen LogP contribution < -0.4 is 10.6 Å². The van der Waals surface area contributed by atoms with Gasteiger partial charge in [0.15, 0.2) is 0 Å². The Morgan fingerprint density at radius 3 is 1.45 bits per heavy atom. The molecule has 6 heteroatoms. The van der Waals surface area contributed by atoms with Gasteiger partial charge in [-0.05, 0) is 13.1 Å². The zero-order chi connectivity index (χ0) is 15.9. The second-order valence-corrected chi connectivity index (χ2v) is 5.62. The SMILES string of the molecule is CCNCCOCCN1CCN(CCOCCNCC)CC1. The molecule has 1 saturated heterocycles. The fourth-order valence-corrected chi connectivity index (χ4v) is 2.47. The van der Waals surface area contributed by atoms with E-state index in [2.05, 4.69) is 34.3 Å². The Labute approximate surface area is 136 Å². The van der Waals surface area contributed by atoms with Crippen LogP contribution in [0.5, 0.6) is 0 Å². The molecule has 132 valence electrons. The average Bonchev–Trinajstić information content (AvgIpc) is 2.55. The predicted octanol–water partition coefficient (Wildman–Crippen LogP) is -0.144. The predicted molar refractivity (Wildman–Crippen MR) is 91.6 cm³/mol. The summed E-state index contributed by atoms with van der Waals surface area (Å²) >= 11 is 0. The van der Waals surface area contributed by atoms with Crippen LogP contribution in [0.4, 0.5) is 0 Å². The minimum absolute atomic E-state index is 0.817. The van der Waals surface area contributed by atoms with Gasteiger partial charge < -0.3 is 20.1 Å². The number of likely N-dealkylation sites (N-methyl/N-ethyl adjacent to an activating group) is 2. The van der Waals surface area contributed by atoms with E-state index in [0.29, 0.717) is 0 Å². The molecule has 2 N–H and O–H groups in total. The lowest BCUT2D eigenvalue weighted by atomic mass is 10.3. The average molecular weight is 316 g/mol. The molecule has 0 aliphatic carbocycles. The van der Waals surface area contributed by atoms with Crippen LogP contribution in [0.3, 0.4) is 0 Å². The van der Waals surface area contributed by atoms with Crippen molar-refractivity contribution in [3.63, 3.8) is 0 Å². The Hall–Kier alpha value is -0.240. The molecule has 1 aliphatic heterocycles. The Balaban J connectivity index is 1.88. The van der Waals surface area contributed by atoms with Gasteiger partial charge in [-0.25, -0.2) is 0 Å². The van der Waals surface area contributed by atoms with Gasteiger partial charge in [0.25, 0.3) is 0 Å². The molecule has 0 amide bonds. The summed E-state index contributed by atoms with van der Waals surface area (Å²) in [6.45, 7) is 18.2. The monoisotopic (exact) mass is 316 g/mol. The fraction of sp³-hybridized carbons (Fsp3) is 1.00. The second kappa shape index (κ2) is 14.4. The highest BCUT2D eigenvalue weighted by Crippen LogP contribution is 2.01. The second-order valence-electron chi connectivity index (χ2n) is 5.62. The normalized spacial score (nSPS) is 17.2. The molecular weight excluding hydrogens is 280 g/mol. The first-order valence-electron chi connectivity index (χ1n) is 8.88. The highest BCUT2D eigenvalue weighted by molar-refractivity contribution is 4.71. The highest BCUT2D eigenvalue weighted by atomic mass is 16.5. The van der Waals surface area contributed by atoms with Crippen LogP contribution >= 0.6 is 0 Å². The molecule has 0 aromatic carbocycles. The summed E-state index contributed by atoms with van der Waals surface area (Å²) < 4.78 is 11.3. The number of hydrogen-bond donors (Lipinski definition) is 2.